The number of hydrogen-bond acceptors (Lipinski definition) is 2. The van der Waals surface area contributed by atoms with Crippen LogP contribution in [-0.4, -0.2) is 9.38 Å². The van der Waals surface area contributed by atoms with Gasteiger partial charge < -0.3 is 8.82 Å². The van der Waals surface area contributed by atoms with Gasteiger partial charge in [0.15, 0.2) is 5.58 Å². The molecule has 10 rings (SSSR count). The highest BCUT2D eigenvalue weighted by Crippen LogP contribution is 2.42. The zero-order valence-electron chi connectivity index (χ0n) is 23.7. The first-order valence-corrected chi connectivity index (χ1v) is 15.0. The molecule has 0 atom stereocenters. The molecule has 10 aromatic rings. The summed E-state index contributed by atoms with van der Waals surface area (Å²) in [7, 11) is 0. The lowest BCUT2D eigenvalue weighted by atomic mass is 9.94. The molecule has 0 amide bonds. The van der Waals surface area contributed by atoms with Crippen molar-refractivity contribution < 1.29 is 4.42 Å². The molecular weight excluding hydrogens is 536 g/mol. The first-order chi connectivity index (χ1) is 21.8. The fraction of sp³-hybridized carbons (Fsp3) is 0. The molecule has 0 radical (unpaired) electrons. The minimum absolute atomic E-state index is 0.815. The van der Waals surface area contributed by atoms with E-state index in [9.17, 15) is 0 Å². The van der Waals surface area contributed by atoms with Gasteiger partial charge in [-0.05, 0) is 64.7 Å². The van der Waals surface area contributed by atoms with Gasteiger partial charge in [-0.25, -0.2) is 0 Å². The summed E-state index contributed by atoms with van der Waals surface area (Å²) in [6.07, 6.45) is 1.89. The van der Waals surface area contributed by atoms with Crippen molar-refractivity contribution in [2.45, 2.75) is 0 Å². The van der Waals surface area contributed by atoms with Crippen molar-refractivity contribution in [3.63, 3.8) is 0 Å². The molecule has 204 valence electrons. The Morgan fingerprint density at radius 2 is 1.11 bits per heavy atom. The lowest BCUT2D eigenvalue weighted by molar-refractivity contribution is 0.668. The predicted octanol–water partition coefficient (Wildman–Crippen LogP) is 11.1. The fourth-order valence-corrected chi connectivity index (χ4v) is 7.20. The molecule has 0 aliphatic carbocycles. The third kappa shape index (κ3) is 3.24. The van der Waals surface area contributed by atoms with Gasteiger partial charge in [0, 0.05) is 44.1 Å². The van der Waals surface area contributed by atoms with Gasteiger partial charge in [0.25, 0.3) is 0 Å². The molecule has 0 fully saturated rings. The first-order valence-electron chi connectivity index (χ1n) is 15.0. The summed E-state index contributed by atoms with van der Waals surface area (Å²) in [5, 5.41) is 7.34. The molecule has 0 aliphatic heterocycles. The van der Waals surface area contributed by atoms with E-state index in [0.29, 0.717) is 0 Å². The van der Waals surface area contributed by atoms with E-state index in [2.05, 4.69) is 126 Å². The zero-order chi connectivity index (χ0) is 28.8. The average molecular weight is 561 g/mol. The second kappa shape index (κ2) is 8.79. The maximum Gasteiger partial charge on any atom is 0.161 e. The second-order valence-electron chi connectivity index (χ2n) is 11.6. The smallest absolute Gasteiger partial charge is 0.161 e. The number of hydrogen-bond donors (Lipinski definition) is 0. The summed E-state index contributed by atoms with van der Waals surface area (Å²) >= 11 is 0. The summed E-state index contributed by atoms with van der Waals surface area (Å²) < 4.78 is 8.87. The van der Waals surface area contributed by atoms with E-state index in [-0.39, 0.29) is 0 Å². The standard InChI is InChI=1S/C41H24N2O/c1-2-9-25(10-3-1)27-21-28(23-29(22-27)39-41-35(19-20-42-39)32-12-5-7-16-38(32)44-41)26-17-18-31-34-14-8-13-33-30-11-4-6-15-36(30)43(40(33)34)37(31)24-26/h1-24H. The Kier molecular flexibility index (Phi) is 4.72. The van der Waals surface area contributed by atoms with Gasteiger partial charge >= 0.3 is 0 Å². The van der Waals surface area contributed by atoms with Gasteiger partial charge in [-0.2, -0.15) is 0 Å². The molecule has 3 nitrogen and oxygen atoms in total. The highest BCUT2D eigenvalue weighted by Gasteiger charge is 2.19. The molecule has 0 N–H and O–H groups in total. The molecule has 0 saturated carbocycles. The van der Waals surface area contributed by atoms with Gasteiger partial charge in [0.05, 0.1) is 16.6 Å². The summed E-state index contributed by atoms with van der Waals surface area (Å²) in [4.78, 5) is 4.88. The van der Waals surface area contributed by atoms with Crippen molar-refractivity contribution >= 4 is 60.0 Å². The van der Waals surface area contributed by atoms with Gasteiger partial charge in [-0.3, -0.25) is 4.98 Å². The van der Waals surface area contributed by atoms with Crippen LogP contribution in [0.4, 0.5) is 0 Å². The molecular formula is C41H24N2O. The number of furan rings is 1. The molecule has 4 aromatic heterocycles. The van der Waals surface area contributed by atoms with Crippen molar-refractivity contribution in [3.05, 3.63) is 146 Å². The van der Waals surface area contributed by atoms with Crippen LogP contribution in [0.25, 0.3) is 93.5 Å². The van der Waals surface area contributed by atoms with Crippen LogP contribution in [0, 0.1) is 0 Å². The van der Waals surface area contributed by atoms with E-state index < -0.39 is 0 Å². The Balaban J connectivity index is 1.26. The highest BCUT2D eigenvalue weighted by atomic mass is 16.3. The third-order valence-corrected chi connectivity index (χ3v) is 9.16. The van der Waals surface area contributed by atoms with E-state index >= 15 is 0 Å². The maximum absolute atomic E-state index is 6.42. The van der Waals surface area contributed by atoms with Gasteiger partial charge in [-0.15, -0.1) is 0 Å². The Labute approximate surface area is 252 Å². The summed E-state index contributed by atoms with van der Waals surface area (Å²) in [6, 6.07) is 49.9. The third-order valence-electron chi connectivity index (χ3n) is 9.16. The molecule has 0 saturated heterocycles. The van der Waals surface area contributed by atoms with Crippen molar-refractivity contribution in [1.82, 2.24) is 9.38 Å². The molecule has 6 aromatic carbocycles. The van der Waals surface area contributed by atoms with Crippen molar-refractivity contribution in [2.24, 2.45) is 0 Å². The number of fused-ring (bicyclic) bond motifs is 9. The van der Waals surface area contributed by atoms with Crippen LogP contribution >= 0.6 is 0 Å². The van der Waals surface area contributed by atoms with Crippen LogP contribution in [0.2, 0.25) is 0 Å². The average Bonchev–Trinajstić information content (AvgIpc) is 3.75. The summed E-state index contributed by atoms with van der Waals surface area (Å²) in [5.41, 5.74) is 11.9. The predicted molar refractivity (Wildman–Crippen MR) is 182 cm³/mol. The van der Waals surface area contributed by atoms with Crippen LogP contribution in [0.1, 0.15) is 0 Å². The minimum Gasteiger partial charge on any atom is -0.454 e. The monoisotopic (exact) mass is 560 g/mol. The van der Waals surface area contributed by atoms with Crippen LogP contribution < -0.4 is 0 Å². The second-order valence-corrected chi connectivity index (χ2v) is 11.6. The van der Waals surface area contributed by atoms with Gasteiger partial charge in [0.1, 0.15) is 11.3 Å². The normalized spacial score (nSPS) is 12.1. The van der Waals surface area contributed by atoms with Crippen LogP contribution in [0.5, 0.6) is 0 Å². The number of aromatic nitrogens is 2. The highest BCUT2D eigenvalue weighted by molar-refractivity contribution is 6.23. The topological polar surface area (TPSA) is 30.4 Å². The molecule has 0 bridgehead atoms. The summed E-state index contributed by atoms with van der Waals surface area (Å²) in [5.74, 6) is 0. The Morgan fingerprint density at radius 3 is 1.98 bits per heavy atom. The van der Waals surface area contributed by atoms with Crippen LogP contribution in [0.3, 0.4) is 0 Å². The largest absolute Gasteiger partial charge is 0.454 e. The lowest BCUT2D eigenvalue weighted by Crippen LogP contribution is -1.89. The number of nitrogens with zero attached hydrogens (tertiary/aromatic N) is 2. The number of benzene rings is 6. The van der Waals surface area contributed by atoms with Crippen molar-refractivity contribution in [3.8, 4) is 33.5 Å². The quantitative estimate of drug-likeness (QED) is 0.215. The number of para-hydroxylation sites is 3. The van der Waals surface area contributed by atoms with E-state index in [1.807, 2.05) is 24.4 Å². The molecule has 3 heteroatoms. The van der Waals surface area contributed by atoms with Gasteiger partial charge in [-0.1, -0.05) is 97.1 Å². The SMILES string of the molecule is c1ccc(-c2cc(-c3ccc4c5cccc6c7ccccc7n(c4c3)c65)cc(-c3nccc4c3oc3ccccc34)c2)cc1. The van der Waals surface area contributed by atoms with Crippen molar-refractivity contribution in [1.29, 1.82) is 0 Å². The van der Waals surface area contributed by atoms with E-state index in [1.165, 1.54) is 49.2 Å². The van der Waals surface area contributed by atoms with Crippen molar-refractivity contribution in [2.75, 3.05) is 0 Å². The maximum atomic E-state index is 6.42. The Bertz CT molecular complexity index is 2710. The van der Waals surface area contributed by atoms with Crippen LogP contribution in [0.15, 0.2) is 150 Å². The molecule has 4 heterocycles. The minimum atomic E-state index is 0.815. The Morgan fingerprint density at radius 1 is 0.432 bits per heavy atom. The summed E-state index contributed by atoms with van der Waals surface area (Å²) in [6.45, 7) is 0. The molecule has 0 unspecified atom stereocenters. The van der Waals surface area contributed by atoms with Crippen LogP contribution in [-0.2, 0) is 0 Å². The van der Waals surface area contributed by atoms with Gasteiger partial charge in [0.2, 0.25) is 0 Å². The van der Waals surface area contributed by atoms with E-state index in [0.717, 1.165) is 44.3 Å². The Hall–Kier alpha value is -5.93. The van der Waals surface area contributed by atoms with E-state index in [1.54, 1.807) is 0 Å². The first kappa shape index (κ1) is 23.6. The number of pyridine rings is 1. The molecule has 0 spiro atoms. The molecule has 0 aliphatic rings. The van der Waals surface area contributed by atoms with E-state index in [4.69, 9.17) is 9.40 Å². The number of rotatable bonds is 3. The lowest BCUT2D eigenvalue weighted by Gasteiger charge is -2.11. The zero-order valence-corrected chi connectivity index (χ0v) is 23.7. The molecule has 44 heavy (non-hydrogen) atoms. The fourth-order valence-electron chi connectivity index (χ4n) is 7.20.